The lowest BCUT2D eigenvalue weighted by Crippen LogP contribution is -2.27. The van der Waals surface area contributed by atoms with Gasteiger partial charge in [-0.05, 0) is 55.3 Å². The number of anilines is 1. The summed E-state index contributed by atoms with van der Waals surface area (Å²) in [6.45, 7) is 6.40. The minimum atomic E-state index is 0. The van der Waals surface area contributed by atoms with E-state index in [1.807, 2.05) is 7.05 Å². The van der Waals surface area contributed by atoms with E-state index in [4.69, 9.17) is 0 Å². The van der Waals surface area contributed by atoms with Crippen LogP contribution in [0.4, 0.5) is 5.95 Å². The van der Waals surface area contributed by atoms with Crippen molar-refractivity contribution in [1.82, 2.24) is 20.1 Å². The van der Waals surface area contributed by atoms with E-state index < -0.39 is 0 Å². The molecule has 2 N–H and O–H groups in total. The molecule has 1 aliphatic carbocycles. The molecule has 1 aromatic heterocycles. The van der Waals surface area contributed by atoms with Crippen LogP contribution in [0.1, 0.15) is 67.8 Å². The van der Waals surface area contributed by atoms with Gasteiger partial charge in [-0.1, -0.05) is 38.1 Å². The number of hydrogen-bond donors (Lipinski definition) is 2. The van der Waals surface area contributed by atoms with Crippen molar-refractivity contribution in [3.63, 3.8) is 0 Å². The highest BCUT2D eigenvalue weighted by Crippen LogP contribution is 2.48. The number of carbonyl (C=O) groups is 1. The normalized spacial score (nSPS) is 22.0. The van der Waals surface area contributed by atoms with E-state index in [1.54, 1.807) is 4.68 Å². The molecule has 0 spiro atoms. The summed E-state index contributed by atoms with van der Waals surface area (Å²) in [5, 5.41) is 10.9. The van der Waals surface area contributed by atoms with Crippen LogP contribution in [0.3, 0.4) is 0 Å². The van der Waals surface area contributed by atoms with Gasteiger partial charge in [0.15, 0.2) is 5.82 Å². The standard InChI is InChI=1S/C21H29N5O.ClH/c1-13(2)14-4-6-15(7-5-14)17-12-18(17)20(27)24-21-23-19(25-26(21)3)16-8-10-22-11-9-16;/h4-7,13,16-18,22H,8-12H2,1-3H3,(H,23,24,25,27);1H. The summed E-state index contributed by atoms with van der Waals surface area (Å²) in [5.74, 6) is 2.75. The second-order valence-electron chi connectivity index (χ2n) is 8.20. The van der Waals surface area contributed by atoms with Gasteiger partial charge in [0.25, 0.3) is 0 Å². The molecule has 0 bridgehead atoms. The first-order chi connectivity index (χ1) is 13.0. The number of hydrogen-bond acceptors (Lipinski definition) is 4. The Balaban J connectivity index is 0.00000225. The predicted octanol–water partition coefficient (Wildman–Crippen LogP) is 3.57. The quantitative estimate of drug-likeness (QED) is 0.800. The maximum absolute atomic E-state index is 12.7. The Morgan fingerprint density at radius 3 is 2.54 bits per heavy atom. The van der Waals surface area contributed by atoms with Gasteiger partial charge in [-0.2, -0.15) is 10.1 Å². The summed E-state index contributed by atoms with van der Waals surface area (Å²) in [6, 6.07) is 8.71. The monoisotopic (exact) mass is 403 g/mol. The molecule has 6 nitrogen and oxygen atoms in total. The molecular formula is C21H30ClN5O. The highest BCUT2D eigenvalue weighted by atomic mass is 35.5. The lowest BCUT2D eigenvalue weighted by Gasteiger charge is -2.19. The predicted molar refractivity (Wildman–Crippen MR) is 113 cm³/mol. The molecule has 2 aliphatic rings. The third kappa shape index (κ3) is 4.39. The summed E-state index contributed by atoms with van der Waals surface area (Å²) in [6.07, 6.45) is 3.01. The van der Waals surface area contributed by atoms with Gasteiger partial charge < -0.3 is 5.32 Å². The van der Waals surface area contributed by atoms with Crippen molar-refractivity contribution in [3.05, 3.63) is 41.2 Å². The molecule has 1 aliphatic heterocycles. The van der Waals surface area contributed by atoms with Crippen LogP contribution in [-0.4, -0.2) is 33.8 Å². The van der Waals surface area contributed by atoms with Crippen molar-refractivity contribution in [1.29, 1.82) is 0 Å². The molecule has 2 aromatic rings. The number of aryl methyl sites for hydroxylation is 1. The van der Waals surface area contributed by atoms with Gasteiger partial charge >= 0.3 is 0 Å². The maximum Gasteiger partial charge on any atom is 0.230 e. The zero-order valence-electron chi connectivity index (χ0n) is 16.8. The molecule has 1 saturated carbocycles. The van der Waals surface area contributed by atoms with Crippen LogP contribution in [0.25, 0.3) is 0 Å². The molecule has 2 unspecified atom stereocenters. The Kier molecular flexibility index (Phi) is 6.40. The topological polar surface area (TPSA) is 71.8 Å². The van der Waals surface area contributed by atoms with Gasteiger partial charge in [-0.25, -0.2) is 4.68 Å². The van der Waals surface area contributed by atoms with Crippen molar-refractivity contribution >= 4 is 24.3 Å². The molecule has 1 aromatic carbocycles. The van der Waals surface area contributed by atoms with E-state index in [0.717, 1.165) is 38.2 Å². The fourth-order valence-electron chi connectivity index (χ4n) is 3.95. The van der Waals surface area contributed by atoms with Crippen LogP contribution in [0.5, 0.6) is 0 Å². The van der Waals surface area contributed by atoms with E-state index in [9.17, 15) is 4.79 Å². The van der Waals surface area contributed by atoms with Gasteiger partial charge in [0.05, 0.1) is 0 Å². The molecule has 2 atom stereocenters. The summed E-state index contributed by atoms with van der Waals surface area (Å²) in [5.41, 5.74) is 2.60. The fourth-order valence-corrected chi connectivity index (χ4v) is 3.95. The summed E-state index contributed by atoms with van der Waals surface area (Å²) < 4.78 is 1.70. The van der Waals surface area contributed by atoms with Crippen LogP contribution in [0.2, 0.25) is 0 Å². The molecular weight excluding hydrogens is 374 g/mol. The molecule has 1 saturated heterocycles. The lowest BCUT2D eigenvalue weighted by molar-refractivity contribution is -0.117. The molecule has 2 fully saturated rings. The van der Waals surface area contributed by atoms with Gasteiger partial charge in [-0.15, -0.1) is 12.4 Å². The zero-order chi connectivity index (χ0) is 19.0. The van der Waals surface area contributed by atoms with Gasteiger partial charge in [-0.3, -0.25) is 10.1 Å². The average Bonchev–Trinajstić information content (AvgIpc) is 3.41. The second kappa shape index (κ2) is 8.62. The number of halogens is 1. The highest BCUT2D eigenvalue weighted by molar-refractivity contribution is 5.93. The molecule has 152 valence electrons. The SMILES string of the molecule is CC(C)c1ccc(C2CC2C(=O)Nc2nc(C3CCNCC3)nn2C)cc1.Cl. The van der Waals surface area contributed by atoms with E-state index in [-0.39, 0.29) is 24.2 Å². The third-order valence-electron chi connectivity index (χ3n) is 5.88. The number of piperidine rings is 1. The number of amides is 1. The zero-order valence-corrected chi connectivity index (χ0v) is 17.6. The van der Waals surface area contributed by atoms with Crippen molar-refractivity contribution in [2.75, 3.05) is 18.4 Å². The molecule has 28 heavy (non-hydrogen) atoms. The Morgan fingerprint density at radius 2 is 1.89 bits per heavy atom. The summed E-state index contributed by atoms with van der Waals surface area (Å²) in [7, 11) is 1.85. The first-order valence-corrected chi connectivity index (χ1v) is 10.0. The maximum atomic E-state index is 12.7. The number of aromatic nitrogens is 3. The van der Waals surface area contributed by atoms with Crippen LogP contribution in [-0.2, 0) is 11.8 Å². The largest absolute Gasteiger partial charge is 0.317 e. The molecule has 2 heterocycles. The average molecular weight is 404 g/mol. The molecule has 0 radical (unpaired) electrons. The van der Waals surface area contributed by atoms with E-state index in [1.165, 1.54) is 11.1 Å². The first-order valence-electron chi connectivity index (χ1n) is 10.0. The lowest BCUT2D eigenvalue weighted by atomic mass is 9.98. The highest BCUT2D eigenvalue weighted by Gasteiger charge is 2.44. The number of carbonyl (C=O) groups excluding carboxylic acids is 1. The smallest absolute Gasteiger partial charge is 0.230 e. The Labute approximate surface area is 172 Å². The fraction of sp³-hybridized carbons (Fsp3) is 0.571. The first kappa shape index (κ1) is 20.8. The van der Waals surface area contributed by atoms with Gasteiger partial charge in [0.1, 0.15) is 0 Å². The van der Waals surface area contributed by atoms with Crippen molar-refractivity contribution in [3.8, 4) is 0 Å². The van der Waals surface area contributed by atoms with Gasteiger partial charge in [0, 0.05) is 18.9 Å². The van der Waals surface area contributed by atoms with E-state index >= 15 is 0 Å². The Hall–Kier alpha value is -1.92. The minimum Gasteiger partial charge on any atom is -0.317 e. The minimum absolute atomic E-state index is 0. The van der Waals surface area contributed by atoms with Crippen LogP contribution < -0.4 is 10.6 Å². The van der Waals surface area contributed by atoms with Crippen molar-refractivity contribution in [2.45, 2.75) is 50.9 Å². The third-order valence-corrected chi connectivity index (χ3v) is 5.88. The Morgan fingerprint density at radius 1 is 1.21 bits per heavy atom. The molecule has 7 heteroatoms. The summed E-state index contributed by atoms with van der Waals surface area (Å²) >= 11 is 0. The van der Waals surface area contributed by atoms with Crippen molar-refractivity contribution in [2.24, 2.45) is 13.0 Å². The van der Waals surface area contributed by atoms with E-state index in [2.05, 4.69) is 58.8 Å². The van der Waals surface area contributed by atoms with Crippen molar-refractivity contribution < 1.29 is 4.79 Å². The van der Waals surface area contributed by atoms with Crippen LogP contribution >= 0.6 is 12.4 Å². The number of nitrogens with zero attached hydrogens (tertiary/aromatic N) is 3. The summed E-state index contributed by atoms with van der Waals surface area (Å²) in [4.78, 5) is 17.3. The number of rotatable bonds is 5. The van der Waals surface area contributed by atoms with Gasteiger partial charge in [0.2, 0.25) is 11.9 Å². The number of nitrogens with one attached hydrogen (secondary N) is 2. The van der Waals surface area contributed by atoms with Crippen LogP contribution in [0.15, 0.2) is 24.3 Å². The number of benzene rings is 1. The molecule has 1 amide bonds. The molecule has 4 rings (SSSR count). The Bertz CT molecular complexity index is 811. The van der Waals surface area contributed by atoms with Crippen LogP contribution in [0, 0.1) is 5.92 Å². The van der Waals surface area contributed by atoms with E-state index in [0.29, 0.717) is 23.7 Å². The second-order valence-corrected chi connectivity index (χ2v) is 8.20.